The maximum absolute atomic E-state index is 12.8. The van der Waals surface area contributed by atoms with E-state index in [0.717, 1.165) is 0 Å². The molecular formula is C16H8F4I2N2. The minimum absolute atomic E-state index is 0.532. The van der Waals surface area contributed by atoms with E-state index in [2.05, 4.69) is 9.97 Å². The van der Waals surface area contributed by atoms with E-state index in [1.165, 1.54) is 56.3 Å². The van der Waals surface area contributed by atoms with E-state index in [9.17, 15) is 17.6 Å². The number of hydrogen-bond donors (Lipinski definition) is 0. The lowest BCUT2D eigenvalue weighted by Gasteiger charge is -2.02. The van der Waals surface area contributed by atoms with Crippen LogP contribution in [0.1, 0.15) is 0 Å². The van der Waals surface area contributed by atoms with Gasteiger partial charge in [0.1, 0.15) is 0 Å². The molecule has 0 N–H and O–H groups in total. The van der Waals surface area contributed by atoms with Crippen LogP contribution in [-0.2, 0) is 0 Å². The molecular weight excluding hydrogens is 550 g/mol. The first kappa shape index (κ1) is 19.0. The van der Waals surface area contributed by atoms with Crippen LogP contribution in [0.4, 0.5) is 17.6 Å². The topological polar surface area (TPSA) is 25.8 Å². The zero-order valence-corrected chi connectivity index (χ0v) is 16.1. The van der Waals surface area contributed by atoms with Gasteiger partial charge in [-0.3, -0.25) is 9.97 Å². The molecule has 3 rings (SSSR count). The van der Waals surface area contributed by atoms with Gasteiger partial charge in [0.15, 0.2) is 23.3 Å². The lowest BCUT2D eigenvalue weighted by Crippen LogP contribution is -2.02. The van der Waals surface area contributed by atoms with Crippen molar-refractivity contribution < 1.29 is 17.6 Å². The summed E-state index contributed by atoms with van der Waals surface area (Å²) in [5, 5.41) is 0. The number of nitrogens with zero attached hydrogens (tertiary/aromatic N) is 2. The van der Waals surface area contributed by atoms with Crippen LogP contribution in [0.2, 0.25) is 0 Å². The predicted molar refractivity (Wildman–Crippen MR) is 99.2 cm³/mol. The Bertz CT molecular complexity index is 688. The Balaban J connectivity index is 0.000000174. The van der Waals surface area contributed by atoms with Gasteiger partial charge in [0.25, 0.3) is 0 Å². The Morgan fingerprint density at radius 3 is 1.21 bits per heavy atom. The van der Waals surface area contributed by atoms with Gasteiger partial charge in [0.2, 0.25) is 0 Å². The van der Waals surface area contributed by atoms with E-state index < -0.39 is 30.4 Å². The molecule has 2 heterocycles. The fraction of sp³-hybridized carbons (Fsp3) is 0. The van der Waals surface area contributed by atoms with Crippen molar-refractivity contribution in [2.45, 2.75) is 0 Å². The van der Waals surface area contributed by atoms with Gasteiger partial charge in [-0.1, -0.05) is 0 Å². The first-order valence-corrected chi connectivity index (χ1v) is 8.56. The number of halogens is 6. The van der Waals surface area contributed by atoms with E-state index >= 15 is 0 Å². The van der Waals surface area contributed by atoms with Crippen LogP contribution < -0.4 is 0 Å². The minimum Gasteiger partial charge on any atom is -0.265 e. The Hall–Kier alpha value is -1.30. The first-order chi connectivity index (χ1) is 11.4. The molecule has 124 valence electrons. The van der Waals surface area contributed by atoms with Crippen molar-refractivity contribution >= 4 is 45.2 Å². The van der Waals surface area contributed by atoms with Gasteiger partial charge < -0.3 is 0 Å². The summed E-state index contributed by atoms with van der Waals surface area (Å²) < 4.78 is 49.3. The molecule has 0 aliphatic carbocycles. The third kappa shape index (κ3) is 4.41. The Morgan fingerprint density at radius 1 is 0.542 bits per heavy atom. The summed E-state index contributed by atoms with van der Waals surface area (Å²) in [6.07, 6.45) is 7.15. The molecule has 0 amide bonds. The minimum atomic E-state index is -1.63. The van der Waals surface area contributed by atoms with Gasteiger partial charge in [-0.15, -0.1) is 0 Å². The first-order valence-electron chi connectivity index (χ1n) is 6.40. The van der Waals surface area contributed by atoms with Crippen molar-refractivity contribution in [3.05, 3.63) is 79.5 Å². The predicted octanol–water partition coefficient (Wildman–Crippen LogP) is 5.60. The van der Waals surface area contributed by atoms with Gasteiger partial charge in [-0.2, -0.15) is 0 Å². The van der Waals surface area contributed by atoms with Crippen molar-refractivity contribution in [3.8, 4) is 11.1 Å². The van der Waals surface area contributed by atoms with Crippen LogP contribution in [-0.4, -0.2) is 9.97 Å². The molecule has 0 saturated carbocycles. The van der Waals surface area contributed by atoms with Gasteiger partial charge in [0, 0.05) is 24.8 Å². The molecule has 0 bridgehead atoms. The van der Waals surface area contributed by atoms with E-state index in [0.29, 0.717) is 0 Å². The highest BCUT2D eigenvalue weighted by Crippen LogP contribution is 2.26. The lowest BCUT2D eigenvalue weighted by atomic mass is 10.1. The molecule has 0 saturated heterocycles. The summed E-state index contributed by atoms with van der Waals surface area (Å²) in [6.45, 7) is 0. The summed E-state index contributed by atoms with van der Waals surface area (Å²) in [5.41, 5.74) is 2.35. The average Bonchev–Trinajstić information content (AvgIpc) is 2.65. The third-order valence-electron chi connectivity index (χ3n) is 2.85. The van der Waals surface area contributed by atoms with Crippen molar-refractivity contribution in [2.75, 3.05) is 0 Å². The monoisotopic (exact) mass is 558 g/mol. The molecule has 0 aliphatic rings. The normalized spacial score (nSPS) is 10.1. The summed E-state index contributed by atoms with van der Waals surface area (Å²) in [4.78, 5) is 7.91. The molecule has 1 aromatic carbocycles. The molecule has 24 heavy (non-hydrogen) atoms. The molecule has 0 radical (unpaired) electrons. The molecule has 0 unspecified atom stereocenters. The molecule has 2 aromatic heterocycles. The largest absolute Gasteiger partial charge is 0.265 e. The lowest BCUT2D eigenvalue weighted by molar-refractivity contribution is 0.423. The summed E-state index contributed by atoms with van der Waals surface area (Å²) >= 11 is 2.55. The number of hydrogen-bond acceptors (Lipinski definition) is 2. The second-order valence-corrected chi connectivity index (χ2v) is 6.51. The number of benzene rings is 1. The second-order valence-electron chi connectivity index (χ2n) is 4.36. The van der Waals surface area contributed by atoms with E-state index in [1.807, 2.05) is 24.3 Å². The average molecular weight is 558 g/mol. The molecule has 0 atom stereocenters. The summed E-state index contributed by atoms with van der Waals surface area (Å²) in [5.74, 6) is -5.66. The highest BCUT2D eigenvalue weighted by Gasteiger charge is 2.21. The number of pyridine rings is 2. The van der Waals surface area contributed by atoms with Crippen LogP contribution in [0.3, 0.4) is 0 Å². The fourth-order valence-corrected chi connectivity index (χ4v) is 3.20. The summed E-state index contributed by atoms with van der Waals surface area (Å²) in [6, 6.07) is 7.93. The number of rotatable bonds is 1. The van der Waals surface area contributed by atoms with Gasteiger partial charge in [-0.25, -0.2) is 17.6 Å². The summed E-state index contributed by atoms with van der Waals surface area (Å²) in [7, 11) is 0. The van der Waals surface area contributed by atoms with Gasteiger partial charge in [0.05, 0.1) is 7.14 Å². The quantitative estimate of drug-likeness (QED) is 0.169. The van der Waals surface area contributed by atoms with Crippen molar-refractivity contribution in [3.63, 3.8) is 0 Å². The Labute approximate surface area is 162 Å². The van der Waals surface area contributed by atoms with Crippen LogP contribution >= 0.6 is 45.2 Å². The van der Waals surface area contributed by atoms with Crippen LogP contribution in [0, 0.1) is 30.4 Å². The maximum Gasteiger partial charge on any atom is 0.196 e. The molecule has 8 heteroatoms. The Kier molecular flexibility index (Phi) is 6.90. The number of aromatic nitrogens is 2. The zero-order valence-electron chi connectivity index (χ0n) is 11.8. The zero-order chi connectivity index (χ0) is 17.7. The Morgan fingerprint density at radius 2 is 0.875 bits per heavy atom. The van der Waals surface area contributed by atoms with Crippen LogP contribution in [0.25, 0.3) is 11.1 Å². The molecule has 3 aromatic rings. The van der Waals surface area contributed by atoms with Crippen LogP contribution in [0.5, 0.6) is 0 Å². The third-order valence-corrected chi connectivity index (χ3v) is 4.74. The SMILES string of the molecule is Fc1c(F)c(I)c(F)c(I)c1F.c1cc(-c2ccncc2)ccn1. The van der Waals surface area contributed by atoms with Crippen molar-refractivity contribution in [2.24, 2.45) is 0 Å². The van der Waals surface area contributed by atoms with Crippen molar-refractivity contribution in [1.29, 1.82) is 0 Å². The van der Waals surface area contributed by atoms with E-state index in [1.54, 1.807) is 24.8 Å². The molecule has 0 spiro atoms. The highest BCUT2D eigenvalue weighted by atomic mass is 127. The fourth-order valence-electron chi connectivity index (χ4n) is 1.67. The standard InChI is InChI=1S/C10H8N2.C6F4I2/c1-5-11-6-2-9(1)10-3-7-12-8-4-10;7-1-2(8)5(11)4(10)6(12)3(1)9/h1-8H;. The second kappa shape index (κ2) is 8.70. The highest BCUT2D eigenvalue weighted by molar-refractivity contribution is 14.1. The maximum atomic E-state index is 12.8. The molecule has 2 nitrogen and oxygen atoms in total. The smallest absolute Gasteiger partial charge is 0.196 e. The molecule has 0 fully saturated rings. The molecule has 0 aliphatic heterocycles. The van der Waals surface area contributed by atoms with E-state index in [4.69, 9.17) is 0 Å². The van der Waals surface area contributed by atoms with Gasteiger partial charge in [-0.05, 0) is 80.6 Å². The van der Waals surface area contributed by atoms with E-state index in [-0.39, 0.29) is 0 Å². The van der Waals surface area contributed by atoms with Crippen molar-refractivity contribution in [1.82, 2.24) is 9.97 Å². The van der Waals surface area contributed by atoms with Gasteiger partial charge >= 0.3 is 0 Å². The van der Waals surface area contributed by atoms with Crippen LogP contribution in [0.15, 0.2) is 49.1 Å².